The molecule has 28 heavy (non-hydrogen) atoms. The van der Waals surface area contributed by atoms with Gasteiger partial charge in [-0.05, 0) is 41.8 Å². The summed E-state index contributed by atoms with van der Waals surface area (Å²) in [6.45, 7) is 4.14. The predicted molar refractivity (Wildman–Crippen MR) is 112 cm³/mol. The Hall–Kier alpha value is -3.19. The van der Waals surface area contributed by atoms with E-state index in [1.54, 1.807) is 36.8 Å². The van der Waals surface area contributed by atoms with E-state index >= 15 is 0 Å². The molecule has 0 spiro atoms. The van der Waals surface area contributed by atoms with Gasteiger partial charge in [-0.15, -0.1) is 11.3 Å². The quantitative estimate of drug-likeness (QED) is 0.629. The molecule has 0 aliphatic heterocycles. The molecule has 0 saturated heterocycles. The smallest absolute Gasteiger partial charge is 0.275 e. The van der Waals surface area contributed by atoms with Crippen molar-refractivity contribution in [2.24, 2.45) is 0 Å². The highest BCUT2D eigenvalue weighted by molar-refractivity contribution is 7.14. The van der Waals surface area contributed by atoms with E-state index < -0.39 is 0 Å². The van der Waals surface area contributed by atoms with E-state index in [1.165, 1.54) is 11.3 Å². The number of hydrogen-bond acceptors (Lipinski definition) is 5. The van der Waals surface area contributed by atoms with E-state index in [9.17, 15) is 9.59 Å². The molecule has 6 nitrogen and oxygen atoms in total. The van der Waals surface area contributed by atoms with Crippen LogP contribution in [0.4, 0.5) is 10.8 Å². The lowest BCUT2D eigenvalue weighted by Crippen LogP contribution is -2.15. The third kappa shape index (κ3) is 4.55. The number of rotatable bonds is 6. The average Bonchev–Trinajstić information content (AvgIpc) is 3.17. The molecule has 1 aromatic heterocycles. The van der Waals surface area contributed by atoms with Gasteiger partial charge in [0.15, 0.2) is 5.13 Å². The summed E-state index contributed by atoms with van der Waals surface area (Å²) in [6, 6.07) is 14.4. The van der Waals surface area contributed by atoms with Gasteiger partial charge < -0.3 is 10.1 Å². The van der Waals surface area contributed by atoms with Crippen molar-refractivity contribution in [2.75, 3.05) is 17.7 Å². The zero-order valence-corrected chi connectivity index (χ0v) is 16.7. The minimum atomic E-state index is -0.311. The third-order valence-electron chi connectivity index (χ3n) is 4.14. The van der Waals surface area contributed by atoms with Crippen molar-refractivity contribution < 1.29 is 14.3 Å². The summed E-state index contributed by atoms with van der Waals surface area (Å²) in [5, 5.41) is 7.60. The summed E-state index contributed by atoms with van der Waals surface area (Å²) in [4.78, 5) is 29.1. The summed E-state index contributed by atoms with van der Waals surface area (Å²) < 4.78 is 5.08. The van der Waals surface area contributed by atoms with Crippen LogP contribution in [0.25, 0.3) is 0 Å². The lowest BCUT2D eigenvalue weighted by molar-refractivity contribution is 0.101. The topological polar surface area (TPSA) is 80.3 Å². The Morgan fingerprint density at radius 3 is 2.39 bits per heavy atom. The first-order valence-electron chi connectivity index (χ1n) is 8.79. The van der Waals surface area contributed by atoms with Crippen molar-refractivity contribution in [3.63, 3.8) is 0 Å². The molecular weight excluding hydrogens is 374 g/mol. The van der Waals surface area contributed by atoms with E-state index in [0.717, 1.165) is 11.3 Å². The number of carbonyl (C=O) groups is 2. The summed E-state index contributed by atoms with van der Waals surface area (Å²) >= 11 is 1.20. The minimum Gasteiger partial charge on any atom is -0.497 e. The second-order valence-electron chi connectivity index (χ2n) is 6.42. The maximum atomic E-state index is 12.5. The maximum Gasteiger partial charge on any atom is 0.275 e. The zero-order chi connectivity index (χ0) is 20.1. The molecule has 0 radical (unpaired) electrons. The number of nitrogens with one attached hydrogen (secondary N) is 2. The molecule has 0 aliphatic carbocycles. The van der Waals surface area contributed by atoms with Crippen LogP contribution in [0.5, 0.6) is 5.75 Å². The van der Waals surface area contributed by atoms with E-state index in [-0.39, 0.29) is 23.4 Å². The molecule has 1 heterocycles. The Labute approximate surface area is 167 Å². The number of nitrogens with zero attached hydrogens (tertiary/aromatic N) is 1. The van der Waals surface area contributed by atoms with E-state index in [1.807, 2.05) is 24.3 Å². The van der Waals surface area contributed by atoms with E-state index in [2.05, 4.69) is 29.5 Å². The summed E-state index contributed by atoms with van der Waals surface area (Å²) in [5.41, 5.74) is 2.56. The van der Waals surface area contributed by atoms with Gasteiger partial charge in [-0.2, -0.15) is 0 Å². The highest BCUT2D eigenvalue weighted by Crippen LogP contribution is 2.25. The lowest BCUT2D eigenvalue weighted by atomic mass is 10.0. The molecular formula is C21H21N3O3S. The molecule has 2 aromatic carbocycles. The highest BCUT2D eigenvalue weighted by Gasteiger charge is 2.15. The van der Waals surface area contributed by atoms with Crippen LogP contribution in [0.15, 0.2) is 53.9 Å². The monoisotopic (exact) mass is 395 g/mol. The normalized spacial score (nSPS) is 10.6. The van der Waals surface area contributed by atoms with Crippen LogP contribution in [0.1, 0.15) is 46.2 Å². The standard InChI is InChI=1S/C21H21N3O3S/c1-13(2)16-6-4-5-7-17(16)22-20(26)18-12-28-21(23-18)24-19(25)14-8-10-15(27-3)11-9-14/h4-13H,1-3H3,(H,22,26)(H,23,24,25). The fourth-order valence-corrected chi connectivity index (χ4v) is 3.33. The molecule has 0 atom stereocenters. The van der Waals surface area contributed by atoms with Gasteiger partial charge in [0.05, 0.1) is 7.11 Å². The summed E-state index contributed by atoms with van der Waals surface area (Å²) in [7, 11) is 1.57. The first kappa shape index (κ1) is 19.6. The number of benzene rings is 2. The Kier molecular flexibility index (Phi) is 6.06. The van der Waals surface area contributed by atoms with Gasteiger partial charge in [0.25, 0.3) is 11.8 Å². The van der Waals surface area contributed by atoms with Gasteiger partial charge in [0.2, 0.25) is 0 Å². The third-order valence-corrected chi connectivity index (χ3v) is 4.90. The Morgan fingerprint density at radius 2 is 1.71 bits per heavy atom. The molecule has 0 fully saturated rings. The van der Waals surface area contributed by atoms with Crippen molar-refractivity contribution in [3.05, 3.63) is 70.7 Å². The molecule has 0 aliphatic rings. The maximum absolute atomic E-state index is 12.5. The van der Waals surface area contributed by atoms with Crippen LogP contribution in [0, 0.1) is 0 Å². The molecule has 3 rings (SSSR count). The van der Waals surface area contributed by atoms with Gasteiger partial charge in [0.1, 0.15) is 11.4 Å². The van der Waals surface area contributed by atoms with Crippen molar-refractivity contribution in [1.82, 2.24) is 4.98 Å². The van der Waals surface area contributed by atoms with Gasteiger partial charge in [-0.25, -0.2) is 4.98 Å². The van der Waals surface area contributed by atoms with Crippen LogP contribution in [0.2, 0.25) is 0 Å². The van der Waals surface area contributed by atoms with Crippen LogP contribution >= 0.6 is 11.3 Å². The SMILES string of the molecule is COc1ccc(C(=O)Nc2nc(C(=O)Nc3ccccc3C(C)C)cs2)cc1. The molecule has 7 heteroatoms. The number of methoxy groups -OCH3 is 1. The van der Waals surface area contributed by atoms with Gasteiger partial charge in [-0.1, -0.05) is 32.0 Å². The number of carbonyl (C=O) groups excluding carboxylic acids is 2. The predicted octanol–water partition coefficient (Wildman–Crippen LogP) is 4.78. The van der Waals surface area contributed by atoms with Crippen LogP contribution in [0.3, 0.4) is 0 Å². The molecule has 0 bridgehead atoms. The summed E-state index contributed by atoms with van der Waals surface area (Å²) in [6.07, 6.45) is 0. The first-order chi connectivity index (χ1) is 13.5. The number of hydrogen-bond donors (Lipinski definition) is 2. The largest absolute Gasteiger partial charge is 0.497 e. The molecule has 3 aromatic rings. The van der Waals surface area contributed by atoms with Gasteiger partial charge in [-0.3, -0.25) is 14.9 Å². The number of amides is 2. The Bertz CT molecular complexity index is 981. The van der Waals surface area contributed by atoms with Crippen molar-refractivity contribution in [2.45, 2.75) is 19.8 Å². The number of aromatic nitrogens is 1. The molecule has 2 amide bonds. The van der Waals surface area contributed by atoms with E-state index in [0.29, 0.717) is 16.4 Å². The second-order valence-corrected chi connectivity index (χ2v) is 7.27. The average molecular weight is 395 g/mol. The first-order valence-corrected chi connectivity index (χ1v) is 9.67. The van der Waals surface area contributed by atoms with Crippen molar-refractivity contribution in [3.8, 4) is 5.75 Å². The summed E-state index contributed by atoms with van der Waals surface area (Å²) in [5.74, 6) is 0.348. The lowest BCUT2D eigenvalue weighted by Gasteiger charge is -2.12. The van der Waals surface area contributed by atoms with Crippen LogP contribution in [-0.4, -0.2) is 23.9 Å². The Balaban J connectivity index is 1.68. The van der Waals surface area contributed by atoms with Crippen molar-refractivity contribution in [1.29, 1.82) is 0 Å². The van der Waals surface area contributed by atoms with Gasteiger partial charge in [0, 0.05) is 16.6 Å². The number of thiazole rings is 1. The number of ether oxygens (including phenoxy) is 1. The van der Waals surface area contributed by atoms with E-state index in [4.69, 9.17) is 4.74 Å². The fourth-order valence-electron chi connectivity index (χ4n) is 2.65. The Morgan fingerprint density at radius 1 is 1.00 bits per heavy atom. The number of para-hydroxylation sites is 1. The highest BCUT2D eigenvalue weighted by atomic mass is 32.1. The number of anilines is 2. The molecule has 0 saturated carbocycles. The molecule has 0 unspecified atom stereocenters. The fraction of sp³-hybridized carbons (Fsp3) is 0.190. The van der Waals surface area contributed by atoms with Crippen LogP contribution < -0.4 is 15.4 Å². The van der Waals surface area contributed by atoms with Crippen molar-refractivity contribution >= 4 is 34.0 Å². The molecule has 2 N–H and O–H groups in total. The molecule has 144 valence electrons. The minimum absolute atomic E-state index is 0.258. The zero-order valence-electron chi connectivity index (χ0n) is 15.9. The van der Waals surface area contributed by atoms with Gasteiger partial charge >= 0.3 is 0 Å². The second kappa shape index (κ2) is 8.67. The van der Waals surface area contributed by atoms with Crippen LogP contribution in [-0.2, 0) is 0 Å².